The molecular formula is C12H13FN2O5. The lowest BCUT2D eigenvalue weighted by atomic mass is 10.2. The zero-order valence-corrected chi connectivity index (χ0v) is 10.5. The molecule has 0 fully saturated rings. The van der Waals surface area contributed by atoms with Crippen LogP contribution in [-0.4, -0.2) is 34.2 Å². The van der Waals surface area contributed by atoms with E-state index in [1.165, 1.54) is 12.1 Å². The number of aliphatic carboxylic acids is 2. The first-order valence-corrected chi connectivity index (χ1v) is 5.58. The van der Waals surface area contributed by atoms with Crippen LogP contribution < -0.4 is 10.6 Å². The molecule has 0 saturated heterocycles. The number of hydrogen-bond acceptors (Lipinski definition) is 3. The van der Waals surface area contributed by atoms with Crippen LogP contribution in [-0.2, 0) is 9.59 Å². The minimum atomic E-state index is -1.55. The average Bonchev–Trinajstić information content (AvgIpc) is 2.31. The molecule has 0 bridgehead atoms. The predicted molar refractivity (Wildman–Crippen MR) is 67.0 cm³/mol. The van der Waals surface area contributed by atoms with E-state index in [1.54, 1.807) is 6.92 Å². The fourth-order valence-corrected chi connectivity index (χ4v) is 1.46. The highest BCUT2D eigenvalue weighted by Gasteiger charge is 2.23. The average molecular weight is 284 g/mol. The number of amides is 2. The number of benzene rings is 1. The van der Waals surface area contributed by atoms with Crippen molar-refractivity contribution >= 4 is 23.7 Å². The number of carboxylic acid groups (broad SMARTS) is 2. The molecule has 0 aliphatic carbocycles. The van der Waals surface area contributed by atoms with Gasteiger partial charge >= 0.3 is 18.0 Å². The molecular weight excluding hydrogens is 271 g/mol. The van der Waals surface area contributed by atoms with Gasteiger partial charge in [0, 0.05) is 5.69 Å². The number of hydrogen-bond donors (Lipinski definition) is 4. The Balaban J connectivity index is 2.70. The van der Waals surface area contributed by atoms with E-state index in [1.807, 2.05) is 5.32 Å². The molecule has 20 heavy (non-hydrogen) atoms. The maximum atomic E-state index is 12.9. The first kappa shape index (κ1) is 15.4. The van der Waals surface area contributed by atoms with Gasteiger partial charge in [-0.25, -0.2) is 14.0 Å². The van der Waals surface area contributed by atoms with Gasteiger partial charge in [0.2, 0.25) is 0 Å². The minimum absolute atomic E-state index is 0.295. The van der Waals surface area contributed by atoms with Gasteiger partial charge < -0.3 is 20.8 Å². The molecule has 2 amide bonds. The quantitative estimate of drug-likeness (QED) is 0.648. The van der Waals surface area contributed by atoms with E-state index in [0.717, 1.165) is 6.07 Å². The Labute approximate surface area is 113 Å². The highest BCUT2D eigenvalue weighted by molar-refractivity contribution is 5.93. The smallest absolute Gasteiger partial charge is 0.326 e. The third-order valence-electron chi connectivity index (χ3n) is 2.42. The number of rotatable bonds is 5. The summed E-state index contributed by atoms with van der Waals surface area (Å²) in [6, 6.07) is 1.22. The Morgan fingerprint density at radius 1 is 1.30 bits per heavy atom. The van der Waals surface area contributed by atoms with E-state index in [-0.39, 0.29) is 0 Å². The van der Waals surface area contributed by atoms with Crippen molar-refractivity contribution in [1.29, 1.82) is 0 Å². The fourth-order valence-electron chi connectivity index (χ4n) is 1.46. The Hall–Kier alpha value is -2.64. The Morgan fingerprint density at radius 2 is 1.95 bits per heavy atom. The molecule has 0 aromatic heterocycles. The van der Waals surface area contributed by atoms with Crippen LogP contribution in [0.3, 0.4) is 0 Å². The molecule has 1 aromatic carbocycles. The molecule has 4 N–H and O–H groups in total. The topological polar surface area (TPSA) is 116 Å². The van der Waals surface area contributed by atoms with Gasteiger partial charge in [-0.2, -0.15) is 0 Å². The van der Waals surface area contributed by atoms with Gasteiger partial charge in [-0.15, -0.1) is 0 Å². The van der Waals surface area contributed by atoms with Gasteiger partial charge in [0.25, 0.3) is 0 Å². The molecule has 7 nitrogen and oxygen atoms in total. The van der Waals surface area contributed by atoms with Crippen LogP contribution in [0.5, 0.6) is 0 Å². The first-order valence-electron chi connectivity index (χ1n) is 5.58. The molecule has 1 atom stereocenters. The van der Waals surface area contributed by atoms with Crippen molar-refractivity contribution in [3.8, 4) is 0 Å². The molecule has 0 aliphatic heterocycles. The lowest BCUT2D eigenvalue weighted by molar-refractivity contribution is -0.145. The second-order valence-electron chi connectivity index (χ2n) is 4.05. The molecule has 0 radical (unpaired) electrons. The van der Waals surface area contributed by atoms with Crippen LogP contribution in [0.25, 0.3) is 0 Å². The van der Waals surface area contributed by atoms with E-state index in [2.05, 4.69) is 5.32 Å². The summed E-state index contributed by atoms with van der Waals surface area (Å²) in [6.07, 6.45) is -0.745. The van der Waals surface area contributed by atoms with E-state index in [0.29, 0.717) is 11.3 Å². The highest BCUT2D eigenvalue weighted by Crippen LogP contribution is 2.15. The summed E-state index contributed by atoms with van der Waals surface area (Å²) in [5.74, 6) is -3.28. The summed E-state index contributed by atoms with van der Waals surface area (Å²) in [7, 11) is 0. The minimum Gasteiger partial charge on any atom is -0.481 e. The van der Waals surface area contributed by atoms with Crippen molar-refractivity contribution in [2.24, 2.45) is 0 Å². The summed E-state index contributed by atoms with van der Waals surface area (Å²) in [5, 5.41) is 21.6. The van der Waals surface area contributed by atoms with E-state index in [9.17, 15) is 18.8 Å². The largest absolute Gasteiger partial charge is 0.481 e. The van der Waals surface area contributed by atoms with Crippen molar-refractivity contribution < 1.29 is 29.0 Å². The molecule has 1 aromatic rings. The number of carbonyl (C=O) groups is 3. The SMILES string of the molecule is Cc1cc(F)ccc1NC(=O)N[C@H](CC(=O)O)C(=O)O. The van der Waals surface area contributed by atoms with Crippen molar-refractivity contribution in [2.75, 3.05) is 5.32 Å². The lowest BCUT2D eigenvalue weighted by Gasteiger charge is -2.14. The van der Waals surface area contributed by atoms with Crippen molar-refractivity contribution in [3.05, 3.63) is 29.6 Å². The molecule has 0 spiro atoms. The van der Waals surface area contributed by atoms with Crippen LogP contribution in [0.1, 0.15) is 12.0 Å². The number of aryl methyl sites for hydroxylation is 1. The normalized spacial score (nSPS) is 11.5. The Bertz CT molecular complexity index is 547. The summed E-state index contributed by atoms with van der Waals surface area (Å²) in [4.78, 5) is 32.8. The zero-order chi connectivity index (χ0) is 15.3. The monoisotopic (exact) mass is 284 g/mol. The Kier molecular flexibility index (Phi) is 5.01. The number of nitrogens with one attached hydrogen (secondary N) is 2. The van der Waals surface area contributed by atoms with Gasteiger partial charge in [0.15, 0.2) is 0 Å². The standard InChI is InChI=1S/C12H13FN2O5/c1-6-4-7(13)2-3-8(6)14-12(20)15-9(11(18)19)5-10(16)17/h2-4,9H,5H2,1H3,(H,16,17)(H,18,19)(H2,14,15,20)/t9-/m1/s1. The van der Waals surface area contributed by atoms with Gasteiger partial charge in [0.1, 0.15) is 11.9 Å². The van der Waals surface area contributed by atoms with Crippen molar-refractivity contribution in [3.63, 3.8) is 0 Å². The second kappa shape index (κ2) is 6.50. The van der Waals surface area contributed by atoms with E-state index >= 15 is 0 Å². The molecule has 8 heteroatoms. The number of carbonyl (C=O) groups excluding carboxylic acids is 1. The summed E-state index contributed by atoms with van der Waals surface area (Å²) in [6.45, 7) is 1.56. The van der Waals surface area contributed by atoms with E-state index < -0.39 is 36.2 Å². The molecule has 0 heterocycles. The lowest BCUT2D eigenvalue weighted by Crippen LogP contribution is -2.44. The van der Waals surface area contributed by atoms with Crippen LogP contribution in [0.4, 0.5) is 14.9 Å². The fraction of sp³-hybridized carbons (Fsp3) is 0.250. The number of anilines is 1. The van der Waals surface area contributed by atoms with Crippen LogP contribution >= 0.6 is 0 Å². The van der Waals surface area contributed by atoms with E-state index in [4.69, 9.17) is 10.2 Å². The number of halogens is 1. The molecule has 1 rings (SSSR count). The van der Waals surface area contributed by atoms with Crippen molar-refractivity contribution in [1.82, 2.24) is 5.32 Å². The third kappa shape index (κ3) is 4.56. The summed E-state index contributed by atoms with van der Waals surface area (Å²) in [5.41, 5.74) is 0.744. The van der Waals surface area contributed by atoms with Crippen LogP contribution in [0.2, 0.25) is 0 Å². The van der Waals surface area contributed by atoms with Gasteiger partial charge in [-0.3, -0.25) is 4.79 Å². The van der Waals surface area contributed by atoms with Crippen LogP contribution in [0, 0.1) is 12.7 Å². The first-order chi connectivity index (χ1) is 9.29. The summed E-state index contributed by atoms with van der Waals surface area (Å²) >= 11 is 0. The zero-order valence-electron chi connectivity index (χ0n) is 10.5. The van der Waals surface area contributed by atoms with Crippen LogP contribution in [0.15, 0.2) is 18.2 Å². The van der Waals surface area contributed by atoms with Gasteiger partial charge in [-0.1, -0.05) is 0 Å². The predicted octanol–water partition coefficient (Wildman–Crippen LogP) is 1.18. The molecule has 0 saturated carbocycles. The maximum Gasteiger partial charge on any atom is 0.326 e. The molecule has 108 valence electrons. The highest BCUT2D eigenvalue weighted by atomic mass is 19.1. The maximum absolute atomic E-state index is 12.9. The molecule has 0 aliphatic rings. The number of urea groups is 1. The summed E-state index contributed by atoms with van der Waals surface area (Å²) < 4.78 is 12.9. The third-order valence-corrected chi connectivity index (χ3v) is 2.42. The second-order valence-corrected chi connectivity index (χ2v) is 4.05. The molecule has 0 unspecified atom stereocenters. The van der Waals surface area contributed by atoms with Crippen molar-refractivity contribution in [2.45, 2.75) is 19.4 Å². The van der Waals surface area contributed by atoms with Gasteiger partial charge in [-0.05, 0) is 30.7 Å². The Morgan fingerprint density at radius 3 is 2.45 bits per heavy atom. The number of carboxylic acids is 2. The van der Waals surface area contributed by atoms with Gasteiger partial charge in [0.05, 0.1) is 6.42 Å².